The largest absolute Gasteiger partial charge is 0.473 e. The van der Waals surface area contributed by atoms with Gasteiger partial charge in [0.05, 0.1) is 0 Å². The molecule has 0 saturated carbocycles. The summed E-state index contributed by atoms with van der Waals surface area (Å²) in [5.41, 5.74) is 4.24. The van der Waals surface area contributed by atoms with Crippen LogP contribution in [-0.2, 0) is 29.1 Å². The van der Waals surface area contributed by atoms with E-state index in [2.05, 4.69) is 111 Å². The van der Waals surface area contributed by atoms with Crippen molar-refractivity contribution in [2.24, 2.45) is 0 Å². The maximum Gasteiger partial charge on any atom is 0.414 e. The summed E-state index contributed by atoms with van der Waals surface area (Å²) in [6.07, 6.45) is 3.60. The molecule has 0 unspecified atom stereocenters. The number of aliphatic carboxylic acids is 2. The molecule has 0 aromatic heterocycles. The predicted octanol–water partition coefficient (Wildman–Crippen LogP) is 5.31. The zero-order valence-corrected chi connectivity index (χ0v) is 21.9. The van der Waals surface area contributed by atoms with E-state index < -0.39 is 11.9 Å². The first-order chi connectivity index (χ1) is 17.4. The number of piperidine rings is 1. The summed E-state index contributed by atoms with van der Waals surface area (Å²) in [5, 5.41) is 14.8. The highest BCUT2D eigenvalue weighted by atomic mass is 79.9. The quantitative estimate of drug-likeness (QED) is 0.368. The molecule has 4 rings (SSSR count). The van der Waals surface area contributed by atoms with Gasteiger partial charge >= 0.3 is 11.9 Å². The first-order valence-electron chi connectivity index (χ1n) is 12.2. The van der Waals surface area contributed by atoms with E-state index in [9.17, 15) is 0 Å². The number of carbonyl (C=O) groups is 2. The Labute approximate surface area is 221 Å². The number of hydrogen-bond donors (Lipinski definition) is 2. The Morgan fingerprint density at radius 3 is 1.89 bits per heavy atom. The molecule has 190 valence electrons. The second-order valence-electron chi connectivity index (χ2n) is 8.90. The summed E-state index contributed by atoms with van der Waals surface area (Å²) in [7, 11) is 0. The van der Waals surface area contributed by atoms with Gasteiger partial charge in [-0.2, -0.15) is 0 Å². The van der Waals surface area contributed by atoms with Gasteiger partial charge in [0.25, 0.3) is 0 Å². The molecule has 0 spiro atoms. The van der Waals surface area contributed by atoms with E-state index >= 15 is 0 Å². The van der Waals surface area contributed by atoms with Crippen molar-refractivity contribution >= 4 is 27.9 Å². The van der Waals surface area contributed by atoms with Crippen molar-refractivity contribution < 1.29 is 19.8 Å². The van der Waals surface area contributed by atoms with Crippen molar-refractivity contribution in [3.63, 3.8) is 0 Å². The van der Waals surface area contributed by atoms with Gasteiger partial charge in [0.2, 0.25) is 0 Å². The zero-order valence-electron chi connectivity index (χ0n) is 20.3. The lowest BCUT2D eigenvalue weighted by molar-refractivity contribution is -0.159. The Hall–Kier alpha value is -3.00. The molecule has 0 radical (unpaired) electrons. The van der Waals surface area contributed by atoms with Crippen LogP contribution in [0.3, 0.4) is 0 Å². The maximum absolute atomic E-state index is 9.10. The number of hydrogen-bond acceptors (Lipinski definition) is 4. The van der Waals surface area contributed by atoms with Crippen molar-refractivity contribution in [3.05, 3.63) is 106 Å². The van der Waals surface area contributed by atoms with Crippen LogP contribution in [0.15, 0.2) is 89.4 Å². The molecule has 36 heavy (non-hydrogen) atoms. The van der Waals surface area contributed by atoms with Crippen molar-refractivity contribution in [3.8, 4) is 0 Å². The summed E-state index contributed by atoms with van der Waals surface area (Å²) in [6.45, 7) is 5.54. The Morgan fingerprint density at radius 1 is 0.806 bits per heavy atom. The fourth-order valence-corrected chi connectivity index (χ4v) is 4.85. The average molecular weight is 553 g/mol. The van der Waals surface area contributed by atoms with E-state index in [4.69, 9.17) is 19.8 Å². The molecule has 0 aliphatic carbocycles. The highest BCUT2D eigenvalue weighted by Gasteiger charge is 2.25. The number of benzene rings is 3. The summed E-state index contributed by atoms with van der Waals surface area (Å²) in [4.78, 5) is 23.5. The number of nitrogens with zero attached hydrogens (tertiary/aromatic N) is 2. The van der Waals surface area contributed by atoms with Gasteiger partial charge in [0, 0.05) is 30.1 Å². The van der Waals surface area contributed by atoms with E-state index in [0.717, 1.165) is 26.1 Å². The van der Waals surface area contributed by atoms with E-state index in [1.807, 2.05) is 0 Å². The monoisotopic (exact) mass is 552 g/mol. The van der Waals surface area contributed by atoms with E-state index in [-0.39, 0.29) is 0 Å². The Bertz CT molecular complexity index is 1070. The lowest BCUT2D eigenvalue weighted by Gasteiger charge is -2.39. The number of carboxylic acids is 2. The fraction of sp³-hybridized carbons (Fsp3) is 0.310. The van der Waals surface area contributed by atoms with Gasteiger partial charge in [0.15, 0.2) is 0 Å². The normalized spacial score (nSPS) is 14.2. The van der Waals surface area contributed by atoms with E-state index in [1.54, 1.807) is 0 Å². The molecule has 0 atom stereocenters. The summed E-state index contributed by atoms with van der Waals surface area (Å²) < 4.78 is 1.22. The van der Waals surface area contributed by atoms with Crippen LogP contribution in [0.25, 0.3) is 0 Å². The van der Waals surface area contributed by atoms with Gasteiger partial charge in [-0.25, -0.2) is 9.59 Å². The molecular formula is C29H33BrN2O4. The molecule has 1 heterocycles. The summed E-state index contributed by atoms with van der Waals surface area (Å²) >= 11 is 3.70. The van der Waals surface area contributed by atoms with Crippen molar-refractivity contribution in [2.75, 3.05) is 19.6 Å². The van der Waals surface area contributed by atoms with Gasteiger partial charge in [-0.1, -0.05) is 94.8 Å². The molecule has 3 aromatic rings. The molecule has 1 aliphatic heterocycles. The highest BCUT2D eigenvalue weighted by Crippen LogP contribution is 2.23. The standard InChI is InChI=1S/C27H31BrN2.C2H2O4/c28-27-14-8-7-13-25(27)22-29-18-16-26(17-19-29)30(21-24-11-5-2-6-12-24)20-15-23-9-3-1-4-10-23;3-1(4)2(5)6/h1-14,26H,15-22H2;(H,3,4)(H,5,6). The Balaban J connectivity index is 0.000000538. The summed E-state index contributed by atoms with van der Waals surface area (Å²) in [6, 6.07) is 31.1. The lowest BCUT2D eigenvalue weighted by Crippen LogP contribution is -2.45. The second-order valence-corrected chi connectivity index (χ2v) is 9.76. The van der Waals surface area contributed by atoms with Crippen LogP contribution in [0.1, 0.15) is 29.5 Å². The molecule has 0 amide bonds. The van der Waals surface area contributed by atoms with Gasteiger partial charge in [0.1, 0.15) is 0 Å². The van der Waals surface area contributed by atoms with Gasteiger partial charge in [-0.05, 0) is 55.1 Å². The molecule has 1 aliphatic rings. The SMILES string of the molecule is Brc1ccccc1CN1CCC(N(CCc2ccccc2)Cc2ccccc2)CC1.O=C(O)C(=O)O. The van der Waals surface area contributed by atoms with Crippen LogP contribution in [-0.4, -0.2) is 57.6 Å². The van der Waals surface area contributed by atoms with Crippen molar-refractivity contribution in [1.82, 2.24) is 9.80 Å². The Kier molecular flexibility index (Phi) is 11.1. The number of likely N-dealkylation sites (tertiary alicyclic amines) is 1. The number of rotatable bonds is 8. The van der Waals surface area contributed by atoms with Crippen LogP contribution >= 0.6 is 15.9 Å². The molecule has 0 bridgehead atoms. The molecule has 7 heteroatoms. The van der Waals surface area contributed by atoms with Crippen molar-refractivity contribution in [2.45, 2.75) is 38.4 Å². The zero-order chi connectivity index (χ0) is 25.8. The topological polar surface area (TPSA) is 81.1 Å². The molecular weight excluding hydrogens is 520 g/mol. The van der Waals surface area contributed by atoms with Crippen LogP contribution in [0, 0.1) is 0 Å². The minimum atomic E-state index is -1.82. The van der Waals surface area contributed by atoms with Crippen LogP contribution < -0.4 is 0 Å². The number of carboxylic acid groups (broad SMARTS) is 2. The highest BCUT2D eigenvalue weighted by molar-refractivity contribution is 9.10. The molecule has 6 nitrogen and oxygen atoms in total. The van der Waals surface area contributed by atoms with Crippen LogP contribution in [0.5, 0.6) is 0 Å². The summed E-state index contributed by atoms with van der Waals surface area (Å²) in [5.74, 6) is -3.65. The van der Waals surface area contributed by atoms with E-state index in [1.165, 1.54) is 47.1 Å². The maximum atomic E-state index is 9.10. The third kappa shape index (κ3) is 9.22. The molecule has 1 saturated heterocycles. The Morgan fingerprint density at radius 2 is 1.33 bits per heavy atom. The van der Waals surface area contributed by atoms with Crippen LogP contribution in [0.4, 0.5) is 0 Å². The average Bonchev–Trinajstić information content (AvgIpc) is 2.90. The third-order valence-electron chi connectivity index (χ3n) is 6.37. The van der Waals surface area contributed by atoms with Gasteiger partial charge in [-0.15, -0.1) is 0 Å². The third-order valence-corrected chi connectivity index (χ3v) is 7.14. The first-order valence-corrected chi connectivity index (χ1v) is 13.0. The minimum Gasteiger partial charge on any atom is -0.473 e. The smallest absolute Gasteiger partial charge is 0.414 e. The van der Waals surface area contributed by atoms with Crippen LogP contribution in [0.2, 0.25) is 0 Å². The molecule has 3 aromatic carbocycles. The minimum absolute atomic E-state index is 0.657. The van der Waals surface area contributed by atoms with E-state index in [0.29, 0.717) is 6.04 Å². The lowest BCUT2D eigenvalue weighted by atomic mass is 10.0. The van der Waals surface area contributed by atoms with Gasteiger partial charge < -0.3 is 10.2 Å². The fourth-order valence-electron chi connectivity index (χ4n) is 4.44. The van der Waals surface area contributed by atoms with Gasteiger partial charge in [-0.3, -0.25) is 9.80 Å². The van der Waals surface area contributed by atoms with Crippen molar-refractivity contribution in [1.29, 1.82) is 0 Å². The molecule has 2 N–H and O–H groups in total. The molecule has 1 fully saturated rings. The predicted molar refractivity (Wildman–Crippen MR) is 145 cm³/mol. The second kappa shape index (κ2) is 14.5. The number of halogens is 1. The first kappa shape index (κ1) is 27.6.